The third kappa shape index (κ3) is 1.60. The summed E-state index contributed by atoms with van der Waals surface area (Å²) in [7, 11) is 1.70. The van der Waals surface area contributed by atoms with Gasteiger partial charge in [-0.1, -0.05) is 0 Å². The second-order valence-corrected chi connectivity index (χ2v) is 3.30. The van der Waals surface area contributed by atoms with Crippen molar-refractivity contribution >= 4 is 11.9 Å². The number of hydrogen-bond acceptors (Lipinski definition) is 6. The summed E-state index contributed by atoms with van der Waals surface area (Å²) in [4.78, 5) is 14.2. The highest BCUT2D eigenvalue weighted by Crippen LogP contribution is 2.18. The summed E-state index contributed by atoms with van der Waals surface area (Å²) in [5.41, 5.74) is 5.52. The first kappa shape index (κ1) is 9.14. The molecule has 76 valence electrons. The SMILES string of the molecule is COC1CN(c2nc(C)nc(N)n2)C1. The number of ether oxygens (including phenoxy) is 1. The normalized spacial score (nSPS) is 16.9. The van der Waals surface area contributed by atoms with Gasteiger partial charge in [0.25, 0.3) is 0 Å². The van der Waals surface area contributed by atoms with Gasteiger partial charge in [0, 0.05) is 20.2 Å². The highest BCUT2D eigenvalue weighted by atomic mass is 16.5. The molecule has 1 aliphatic rings. The van der Waals surface area contributed by atoms with Gasteiger partial charge >= 0.3 is 0 Å². The van der Waals surface area contributed by atoms with E-state index in [0.717, 1.165) is 13.1 Å². The number of nitrogens with zero attached hydrogens (tertiary/aromatic N) is 4. The van der Waals surface area contributed by atoms with Crippen molar-refractivity contribution < 1.29 is 4.74 Å². The summed E-state index contributed by atoms with van der Waals surface area (Å²) < 4.78 is 5.15. The first-order valence-corrected chi connectivity index (χ1v) is 4.45. The van der Waals surface area contributed by atoms with Crippen LogP contribution < -0.4 is 10.6 Å². The van der Waals surface area contributed by atoms with Crippen molar-refractivity contribution in [2.75, 3.05) is 30.8 Å². The van der Waals surface area contributed by atoms with Crippen molar-refractivity contribution in [3.05, 3.63) is 5.82 Å². The van der Waals surface area contributed by atoms with Crippen LogP contribution >= 0.6 is 0 Å². The molecule has 1 saturated heterocycles. The van der Waals surface area contributed by atoms with E-state index < -0.39 is 0 Å². The highest BCUT2D eigenvalue weighted by Gasteiger charge is 2.28. The van der Waals surface area contributed by atoms with E-state index in [9.17, 15) is 0 Å². The standard InChI is InChI=1S/C8H13N5O/c1-5-10-7(9)12-8(11-5)13-3-6(4-13)14-2/h6H,3-4H2,1-2H3,(H2,9,10,11,12). The van der Waals surface area contributed by atoms with E-state index in [1.54, 1.807) is 14.0 Å². The molecule has 6 nitrogen and oxygen atoms in total. The number of nitrogens with two attached hydrogens (primary N) is 1. The summed E-state index contributed by atoms with van der Waals surface area (Å²) >= 11 is 0. The molecule has 2 rings (SSSR count). The molecule has 14 heavy (non-hydrogen) atoms. The van der Waals surface area contributed by atoms with E-state index in [1.807, 2.05) is 4.90 Å². The Kier molecular flexibility index (Phi) is 2.20. The van der Waals surface area contributed by atoms with Crippen molar-refractivity contribution in [2.24, 2.45) is 0 Å². The minimum absolute atomic E-state index is 0.272. The van der Waals surface area contributed by atoms with E-state index in [4.69, 9.17) is 10.5 Å². The molecule has 0 aliphatic carbocycles. The van der Waals surface area contributed by atoms with Gasteiger partial charge in [0.2, 0.25) is 11.9 Å². The predicted molar refractivity (Wildman–Crippen MR) is 52.0 cm³/mol. The number of methoxy groups -OCH3 is 1. The lowest BCUT2D eigenvalue weighted by atomic mass is 10.2. The Hall–Kier alpha value is -1.43. The summed E-state index contributed by atoms with van der Waals surface area (Å²) in [6, 6.07) is 0. The van der Waals surface area contributed by atoms with Gasteiger partial charge in [0.1, 0.15) is 5.82 Å². The lowest BCUT2D eigenvalue weighted by Crippen LogP contribution is -2.52. The minimum atomic E-state index is 0.272. The molecule has 0 unspecified atom stereocenters. The molecule has 1 aromatic heterocycles. The number of anilines is 2. The smallest absolute Gasteiger partial charge is 0.230 e. The van der Waals surface area contributed by atoms with Crippen LogP contribution in [-0.4, -0.2) is 41.3 Å². The van der Waals surface area contributed by atoms with Gasteiger partial charge in [-0.3, -0.25) is 0 Å². The van der Waals surface area contributed by atoms with Crippen LogP contribution in [0.2, 0.25) is 0 Å². The van der Waals surface area contributed by atoms with E-state index in [2.05, 4.69) is 15.0 Å². The Morgan fingerprint density at radius 1 is 1.36 bits per heavy atom. The number of rotatable bonds is 2. The molecule has 0 radical (unpaired) electrons. The largest absolute Gasteiger partial charge is 0.378 e. The second-order valence-electron chi connectivity index (χ2n) is 3.30. The average Bonchev–Trinajstić information content (AvgIpc) is 2.00. The quantitative estimate of drug-likeness (QED) is 0.691. The predicted octanol–water partition coefficient (Wildman–Crippen LogP) is -0.403. The van der Waals surface area contributed by atoms with Gasteiger partial charge in [-0.05, 0) is 6.92 Å². The van der Waals surface area contributed by atoms with Crippen LogP contribution in [-0.2, 0) is 4.74 Å². The van der Waals surface area contributed by atoms with Crippen molar-refractivity contribution in [3.8, 4) is 0 Å². The van der Waals surface area contributed by atoms with Crippen molar-refractivity contribution in [3.63, 3.8) is 0 Å². The van der Waals surface area contributed by atoms with Crippen molar-refractivity contribution in [2.45, 2.75) is 13.0 Å². The third-order valence-corrected chi connectivity index (χ3v) is 2.22. The summed E-state index contributed by atoms with van der Waals surface area (Å²) in [6.07, 6.45) is 0.285. The number of aromatic nitrogens is 3. The van der Waals surface area contributed by atoms with Crippen LogP contribution in [0.15, 0.2) is 0 Å². The van der Waals surface area contributed by atoms with Gasteiger partial charge < -0.3 is 15.4 Å². The summed E-state index contributed by atoms with van der Waals surface area (Å²) in [6.45, 7) is 3.44. The van der Waals surface area contributed by atoms with Crippen LogP contribution in [0.4, 0.5) is 11.9 Å². The van der Waals surface area contributed by atoms with Gasteiger partial charge in [-0.2, -0.15) is 15.0 Å². The van der Waals surface area contributed by atoms with Crippen LogP contribution in [0, 0.1) is 6.92 Å². The number of nitrogen functional groups attached to an aromatic ring is 1. The Morgan fingerprint density at radius 3 is 2.64 bits per heavy atom. The maximum Gasteiger partial charge on any atom is 0.230 e. The molecule has 1 fully saturated rings. The molecule has 1 aromatic rings. The fraction of sp³-hybridized carbons (Fsp3) is 0.625. The van der Waals surface area contributed by atoms with Gasteiger partial charge in [-0.15, -0.1) is 0 Å². The molecule has 0 atom stereocenters. The van der Waals surface area contributed by atoms with E-state index in [0.29, 0.717) is 11.8 Å². The maximum absolute atomic E-state index is 5.52. The van der Waals surface area contributed by atoms with Crippen LogP contribution in [0.1, 0.15) is 5.82 Å². The van der Waals surface area contributed by atoms with Gasteiger partial charge in [0.05, 0.1) is 6.10 Å². The van der Waals surface area contributed by atoms with Gasteiger partial charge in [0.15, 0.2) is 0 Å². The monoisotopic (exact) mass is 195 g/mol. The Bertz CT molecular complexity index is 316. The molecule has 2 heterocycles. The Morgan fingerprint density at radius 2 is 2.07 bits per heavy atom. The molecular weight excluding hydrogens is 182 g/mol. The lowest BCUT2D eigenvalue weighted by Gasteiger charge is -2.37. The van der Waals surface area contributed by atoms with E-state index >= 15 is 0 Å². The second kappa shape index (κ2) is 3.38. The summed E-state index contributed by atoms with van der Waals surface area (Å²) in [5.74, 6) is 1.56. The third-order valence-electron chi connectivity index (χ3n) is 2.22. The highest BCUT2D eigenvalue weighted by molar-refractivity contribution is 5.38. The molecule has 0 aromatic carbocycles. The summed E-state index contributed by atoms with van der Waals surface area (Å²) in [5, 5.41) is 0. The van der Waals surface area contributed by atoms with E-state index in [1.165, 1.54) is 0 Å². The first-order valence-electron chi connectivity index (χ1n) is 4.45. The van der Waals surface area contributed by atoms with Crippen LogP contribution in [0.5, 0.6) is 0 Å². The topological polar surface area (TPSA) is 77.2 Å². The molecular formula is C8H13N5O. The average molecular weight is 195 g/mol. The molecule has 1 aliphatic heterocycles. The molecule has 0 spiro atoms. The fourth-order valence-electron chi connectivity index (χ4n) is 1.38. The van der Waals surface area contributed by atoms with E-state index in [-0.39, 0.29) is 12.1 Å². The lowest BCUT2D eigenvalue weighted by molar-refractivity contribution is 0.0778. The van der Waals surface area contributed by atoms with Crippen LogP contribution in [0.25, 0.3) is 0 Å². The fourth-order valence-corrected chi connectivity index (χ4v) is 1.38. The first-order chi connectivity index (χ1) is 6.69. The van der Waals surface area contributed by atoms with Crippen molar-refractivity contribution in [1.82, 2.24) is 15.0 Å². The zero-order valence-corrected chi connectivity index (χ0v) is 8.27. The van der Waals surface area contributed by atoms with Crippen LogP contribution in [0.3, 0.4) is 0 Å². The Labute approximate surface area is 82.1 Å². The molecule has 6 heteroatoms. The molecule has 2 N–H and O–H groups in total. The number of aryl methyl sites for hydroxylation is 1. The molecule has 0 amide bonds. The van der Waals surface area contributed by atoms with Crippen molar-refractivity contribution in [1.29, 1.82) is 0 Å². The maximum atomic E-state index is 5.52. The number of hydrogen-bond donors (Lipinski definition) is 1. The zero-order chi connectivity index (χ0) is 10.1. The molecule has 0 saturated carbocycles. The minimum Gasteiger partial charge on any atom is -0.378 e. The molecule has 0 bridgehead atoms. The Balaban J connectivity index is 2.10. The van der Waals surface area contributed by atoms with Gasteiger partial charge in [-0.25, -0.2) is 0 Å². The zero-order valence-electron chi connectivity index (χ0n) is 8.27.